The fourth-order valence-corrected chi connectivity index (χ4v) is 5.12. The lowest BCUT2D eigenvalue weighted by Crippen LogP contribution is -2.38. The molecule has 0 saturated heterocycles. The van der Waals surface area contributed by atoms with E-state index in [1.165, 1.54) is 5.41 Å². The van der Waals surface area contributed by atoms with Gasteiger partial charge in [0.2, 0.25) is 0 Å². The topological polar surface area (TPSA) is 63.7 Å². The number of rotatable bonds is 5. The van der Waals surface area contributed by atoms with Crippen LogP contribution < -0.4 is 4.90 Å². The molecule has 0 aliphatic carbocycles. The SMILES string of the molecule is Cc1ccc(S(=O)(=O)/C=C/C2C(C)c3cc(C)ccc3N2C(=O)OCc2ccccc2)cc1. The van der Waals surface area contributed by atoms with Gasteiger partial charge in [-0.15, -0.1) is 0 Å². The molecule has 2 unspecified atom stereocenters. The Kier molecular flexibility index (Phi) is 6.38. The number of benzene rings is 3. The molecular weight excluding hydrogens is 434 g/mol. The molecule has 4 rings (SSSR count). The van der Waals surface area contributed by atoms with Crippen LogP contribution in [-0.2, 0) is 21.2 Å². The van der Waals surface area contributed by atoms with Gasteiger partial charge in [-0.3, -0.25) is 4.90 Å². The van der Waals surface area contributed by atoms with E-state index in [0.717, 1.165) is 27.9 Å². The highest BCUT2D eigenvalue weighted by molar-refractivity contribution is 7.94. The minimum Gasteiger partial charge on any atom is -0.444 e. The average Bonchev–Trinajstić information content (AvgIpc) is 3.08. The Morgan fingerprint density at radius 1 is 0.970 bits per heavy atom. The van der Waals surface area contributed by atoms with Crippen LogP contribution in [0.2, 0.25) is 0 Å². The van der Waals surface area contributed by atoms with Crippen LogP contribution in [-0.4, -0.2) is 20.6 Å². The van der Waals surface area contributed by atoms with E-state index >= 15 is 0 Å². The summed E-state index contributed by atoms with van der Waals surface area (Å²) in [5, 5.41) is 1.20. The third kappa shape index (κ3) is 4.86. The van der Waals surface area contributed by atoms with Crippen LogP contribution in [0.1, 0.15) is 35.1 Å². The molecule has 1 aliphatic heterocycles. The Morgan fingerprint density at radius 3 is 2.33 bits per heavy atom. The Bertz CT molecular complexity index is 1280. The van der Waals surface area contributed by atoms with Crippen molar-refractivity contribution in [3.8, 4) is 0 Å². The molecule has 0 N–H and O–H groups in total. The summed E-state index contributed by atoms with van der Waals surface area (Å²) in [6.45, 7) is 6.04. The van der Waals surface area contributed by atoms with Crippen molar-refractivity contribution in [2.24, 2.45) is 0 Å². The molecule has 0 saturated carbocycles. The molecule has 2 atom stereocenters. The van der Waals surface area contributed by atoms with Crippen molar-refractivity contribution in [1.82, 2.24) is 0 Å². The van der Waals surface area contributed by atoms with Crippen molar-refractivity contribution in [3.63, 3.8) is 0 Å². The van der Waals surface area contributed by atoms with E-state index in [4.69, 9.17) is 4.74 Å². The Hall–Kier alpha value is -3.38. The number of anilines is 1. The molecular formula is C27H27NO4S. The molecule has 0 bridgehead atoms. The third-order valence-corrected chi connectivity index (χ3v) is 7.39. The van der Waals surface area contributed by atoms with Crippen molar-refractivity contribution in [2.45, 2.75) is 44.2 Å². The minimum atomic E-state index is -3.65. The maximum atomic E-state index is 13.2. The predicted octanol–water partition coefficient (Wildman–Crippen LogP) is 5.92. The molecule has 170 valence electrons. The third-order valence-electron chi connectivity index (χ3n) is 5.95. The van der Waals surface area contributed by atoms with E-state index in [2.05, 4.69) is 0 Å². The average molecular weight is 462 g/mol. The summed E-state index contributed by atoms with van der Waals surface area (Å²) in [5.74, 6) is -0.0892. The Morgan fingerprint density at radius 2 is 1.64 bits per heavy atom. The first kappa shape index (κ1) is 22.8. The number of ether oxygens (including phenoxy) is 1. The number of hydrogen-bond acceptors (Lipinski definition) is 4. The molecule has 6 heteroatoms. The first-order valence-electron chi connectivity index (χ1n) is 10.9. The highest BCUT2D eigenvalue weighted by Gasteiger charge is 2.39. The van der Waals surface area contributed by atoms with Gasteiger partial charge in [-0.1, -0.05) is 72.6 Å². The molecule has 0 radical (unpaired) electrons. The zero-order valence-electron chi connectivity index (χ0n) is 18.9. The van der Waals surface area contributed by atoms with E-state index in [9.17, 15) is 13.2 Å². The van der Waals surface area contributed by atoms with Crippen molar-refractivity contribution < 1.29 is 17.9 Å². The lowest BCUT2D eigenvalue weighted by molar-refractivity contribution is 0.146. The van der Waals surface area contributed by atoms with Crippen molar-refractivity contribution in [3.05, 3.63) is 107 Å². The van der Waals surface area contributed by atoms with E-state index in [-0.39, 0.29) is 17.4 Å². The second kappa shape index (κ2) is 9.24. The second-order valence-corrected chi connectivity index (χ2v) is 10.3. The van der Waals surface area contributed by atoms with Gasteiger partial charge in [0.25, 0.3) is 0 Å². The summed E-state index contributed by atoms with van der Waals surface area (Å²) < 4.78 is 31.4. The number of nitrogens with zero attached hydrogens (tertiary/aromatic N) is 1. The van der Waals surface area contributed by atoms with E-state index in [0.29, 0.717) is 0 Å². The molecule has 0 spiro atoms. The summed E-state index contributed by atoms with van der Waals surface area (Å²) >= 11 is 0. The van der Waals surface area contributed by atoms with Crippen LogP contribution in [0, 0.1) is 13.8 Å². The first-order chi connectivity index (χ1) is 15.8. The summed E-state index contributed by atoms with van der Waals surface area (Å²) in [5.41, 5.74) is 4.69. The second-order valence-electron chi connectivity index (χ2n) is 8.44. The number of carbonyl (C=O) groups is 1. The fraction of sp³-hybridized carbons (Fsp3) is 0.222. The number of amides is 1. The highest BCUT2D eigenvalue weighted by atomic mass is 32.2. The monoisotopic (exact) mass is 461 g/mol. The molecule has 1 heterocycles. The Balaban J connectivity index is 1.63. The maximum Gasteiger partial charge on any atom is 0.415 e. The lowest BCUT2D eigenvalue weighted by Gasteiger charge is -2.24. The molecule has 3 aromatic carbocycles. The zero-order valence-corrected chi connectivity index (χ0v) is 19.7. The van der Waals surface area contributed by atoms with E-state index < -0.39 is 22.0 Å². The largest absolute Gasteiger partial charge is 0.444 e. The number of sulfone groups is 1. The molecule has 0 aromatic heterocycles. The first-order valence-corrected chi connectivity index (χ1v) is 12.4. The number of carbonyl (C=O) groups excluding carboxylic acids is 1. The van der Waals surface area contributed by atoms with Gasteiger partial charge in [0, 0.05) is 11.3 Å². The minimum absolute atomic E-state index is 0.0892. The van der Waals surface area contributed by atoms with E-state index in [1.807, 2.05) is 69.3 Å². The van der Waals surface area contributed by atoms with Crippen LogP contribution in [0.15, 0.2) is 89.2 Å². The molecule has 1 aliphatic rings. The van der Waals surface area contributed by atoms with Gasteiger partial charge in [-0.05, 0) is 49.2 Å². The van der Waals surface area contributed by atoms with Gasteiger partial charge in [-0.2, -0.15) is 0 Å². The van der Waals surface area contributed by atoms with Gasteiger partial charge in [0.15, 0.2) is 9.84 Å². The smallest absolute Gasteiger partial charge is 0.415 e. The number of aryl methyl sites for hydroxylation is 2. The summed E-state index contributed by atoms with van der Waals surface area (Å²) in [6, 6.07) is 21.6. The summed E-state index contributed by atoms with van der Waals surface area (Å²) in [6.07, 6.45) is 1.09. The predicted molar refractivity (Wildman–Crippen MR) is 130 cm³/mol. The molecule has 3 aromatic rings. The van der Waals surface area contributed by atoms with Crippen molar-refractivity contribution in [2.75, 3.05) is 4.90 Å². The van der Waals surface area contributed by atoms with E-state index in [1.54, 1.807) is 35.2 Å². The summed E-state index contributed by atoms with van der Waals surface area (Å²) in [7, 11) is -3.65. The van der Waals surface area contributed by atoms with Crippen LogP contribution in [0.3, 0.4) is 0 Å². The van der Waals surface area contributed by atoms with Crippen LogP contribution in [0.25, 0.3) is 0 Å². The lowest BCUT2D eigenvalue weighted by atomic mass is 9.96. The van der Waals surface area contributed by atoms with Crippen molar-refractivity contribution in [1.29, 1.82) is 0 Å². The molecule has 0 fully saturated rings. The standard InChI is InChI=1S/C27H27NO4S/c1-19-9-12-23(13-10-19)33(30,31)16-15-25-21(3)24-17-20(2)11-14-26(24)28(25)27(29)32-18-22-7-5-4-6-8-22/h4-17,21,25H,18H2,1-3H3/b16-15+. The fourth-order valence-electron chi connectivity index (χ4n) is 4.08. The van der Waals surface area contributed by atoms with Crippen LogP contribution >= 0.6 is 0 Å². The van der Waals surface area contributed by atoms with Crippen LogP contribution in [0.5, 0.6) is 0 Å². The van der Waals surface area contributed by atoms with Gasteiger partial charge < -0.3 is 4.74 Å². The maximum absolute atomic E-state index is 13.2. The molecule has 1 amide bonds. The zero-order chi connectivity index (χ0) is 23.6. The number of hydrogen-bond donors (Lipinski definition) is 0. The summed E-state index contributed by atoms with van der Waals surface area (Å²) in [4.78, 5) is 15.0. The van der Waals surface area contributed by atoms with Gasteiger partial charge in [0.1, 0.15) is 6.61 Å². The van der Waals surface area contributed by atoms with Crippen LogP contribution in [0.4, 0.5) is 10.5 Å². The van der Waals surface area contributed by atoms with Gasteiger partial charge >= 0.3 is 6.09 Å². The highest BCUT2D eigenvalue weighted by Crippen LogP contribution is 2.42. The number of fused-ring (bicyclic) bond motifs is 1. The van der Waals surface area contributed by atoms with Gasteiger partial charge in [0.05, 0.1) is 16.6 Å². The quantitative estimate of drug-likeness (QED) is 0.473. The molecule has 33 heavy (non-hydrogen) atoms. The van der Waals surface area contributed by atoms with Gasteiger partial charge in [-0.25, -0.2) is 13.2 Å². The Labute approximate surface area is 195 Å². The van der Waals surface area contributed by atoms with Crippen molar-refractivity contribution >= 4 is 21.6 Å². The normalized spacial score (nSPS) is 17.8. The molecule has 5 nitrogen and oxygen atoms in total.